The Bertz CT molecular complexity index is 546. The highest BCUT2D eigenvalue weighted by molar-refractivity contribution is 7.90. The molecule has 0 saturated heterocycles. The van der Waals surface area contributed by atoms with Gasteiger partial charge < -0.3 is 0 Å². The molecule has 0 fully saturated rings. The summed E-state index contributed by atoms with van der Waals surface area (Å²) in [6.45, 7) is 0. The van der Waals surface area contributed by atoms with Crippen LogP contribution in [0.4, 0.5) is 13.2 Å². The Morgan fingerprint density at radius 2 is 2.00 bits per heavy atom. The van der Waals surface area contributed by atoms with Crippen LogP contribution in [0.3, 0.4) is 0 Å². The Hall–Kier alpha value is -1.73. The van der Waals surface area contributed by atoms with E-state index >= 15 is 0 Å². The van der Waals surface area contributed by atoms with Crippen LogP contribution in [0.2, 0.25) is 0 Å². The Labute approximate surface area is 87.7 Å². The van der Waals surface area contributed by atoms with Crippen molar-refractivity contribution in [3.8, 4) is 0 Å². The van der Waals surface area contributed by atoms with Crippen molar-refractivity contribution in [3.63, 3.8) is 0 Å². The number of pyridine rings is 1. The molecule has 86 valence electrons. The fourth-order valence-corrected chi connectivity index (χ4v) is 1.74. The quantitative estimate of drug-likeness (QED) is 0.583. The van der Waals surface area contributed by atoms with Crippen LogP contribution in [0.1, 0.15) is 5.56 Å². The molecule has 0 aliphatic heterocycles. The molecule has 1 aromatic heterocycles. The van der Waals surface area contributed by atoms with Gasteiger partial charge in [-0.1, -0.05) is 4.40 Å². The second-order valence-corrected chi connectivity index (χ2v) is 4.03. The topological polar surface area (TPSA) is 76.5 Å². The summed E-state index contributed by atoms with van der Waals surface area (Å²) in [6, 6.07) is 1.45. The number of nitrogens with zero attached hydrogens (tertiary/aromatic N) is 2. The van der Waals surface area contributed by atoms with Gasteiger partial charge in [0.15, 0.2) is 5.03 Å². The van der Waals surface area contributed by atoms with Crippen molar-refractivity contribution in [2.24, 2.45) is 4.40 Å². The summed E-state index contributed by atoms with van der Waals surface area (Å²) in [5.74, 6) is 0. The predicted molar refractivity (Wildman–Crippen MR) is 44.5 cm³/mol. The van der Waals surface area contributed by atoms with Crippen LogP contribution in [-0.2, 0) is 21.0 Å². The lowest BCUT2D eigenvalue weighted by atomic mass is 10.3. The summed E-state index contributed by atoms with van der Waals surface area (Å²) in [7, 11) is -4.75. The van der Waals surface area contributed by atoms with Gasteiger partial charge in [-0.15, -0.1) is 0 Å². The third-order valence-corrected chi connectivity index (χ3v) is 2.61. The van der Waals surface area contributed by atoms with Crippen molar-refractivity contribution in [1.82, 2.24) is 4.98 Å². The average molecular weight is 252 g/mol. The van der Waals surface area contributed by atoms with E-state index in [1.54, 1.807) is 0 Å². The van der Waals surface area contributed by atoms with Crippen molar-refractivity contribution in [1.29, 1.82) is 0 Å². The number of isocyanates is 1. The van der Waals surface area contributed by atoms with Gasteiger partial charge in [-0.25, -0.2) is 9.78 Å². The van der Waals surface area contributed by atoms with Crippen molar-refractivity contribution in [2.75, 3.05) is 0 Å². The van der Waals surface area contributed by atoms with Crippen molar-refractivity contribution in [2.45, 2.75) is 11.2 Å². The number of halogens is 3. The van der Waals surface area contributed by atoms with Gasteiger partial charge in [0.2, 0.25) is 0 Å². The van der Waals surface area contributed by atoms with Crippen LogP contribution in [-0.4, -0.2) is 19.5 Å². The zero-order valence-electron chi connectivity index (χ0n) is 7.39. The lowest BCUT2D eigenvalue weighted by Gasteiger charge is -2.08. The van der Waals surface area contributed by atoms with E-state index in [-0.39, 0.29) is 0 Å². The first-order chi connectivity index (χ1) is 7.29. The van der Waals surface area contributed by atoms with E-state index in [1.807, 2.05) is 0 Å². The SMILES string of the molecule is O=C=NS(=O)(=O)c1ncccc1C(F)(F)F. The van der Waals surface area contributed by atoms with Crippen molar-refractivity contribution >= 4 is 16.1 Å². The molecule has 1 rings (SSSR count). The summed E-state index contributed by atoms with van der Waals surface area (Å²) in [5, 5.41) is -1.31. The summed E-state index contributed by atoms with van der Waals surface area (Å²) in [5.41, 5.74) is -1.48. The van der Waals surface area contributed by atoms with Crippen LogP contribution in [0.5, 0.6) is 0 Å². The molecule has 9 heteroatoms. The molecule has 16 heavy (non-hydrogen) atoms. The number of sulfonamides is 1. The van der Waals surface area contributed by atoms with E-state index in [2.05, 4.69) is 9.38 Å². The Morgan fingerprint density at radius 1 is 1.38 bits per heavy atom. The lowest BCUT2D eigenvalue weighted by molar-refractivity contribution is -0.140. The highest BCUT2D eigenvalue weighted by Gasteiger charge is 2.38. The summed E-state index contributed by atoms with van der Waals surface area (Å²) >= 11 is 0. The number of aromatic nitrogens is 1. The van der Waals surface area contributed by atoms with Gasteiger partial charge in [0, 0.05) is 6.20 Å². The minimum atomic E-state index is -4.89. The molecule has 0 aliphatic rings. The van der Waals surface area contributed by atoms with Crippen LogP contribution >= 0.6 is 0 Å². The van der Waals surface area contributed by atoms with Gasteiger partial charge in [0.1, 0.15) is 0 Å². The predicted octanol–water partition coefficient (Wildman–Crippen LogP) is 1.12. The van der Waals surface area contributed by atoms with Crippen LogP contribution in [0, 0.1) is 0 Å². The number of alkyl halides is 3. The lowest BCUT2D eigenvalue weighted by Crippen LogP contribution is -2.13. The third kappa shape index (κ3) is 2.44. The molecule has 0 saturated carbocycles. The molecule has 0 atom stereocenters. The third-order valence-electron chi connectivity index (χ3n) is 1.48. The molecule has 0 amide bonds. The van der Waals surface area contributed by atoms with E-state index in [0.717, 1.165) is 12.3 Å². The van der Waals surface area contributed by atoms with Gasteiger partial charge in [-0.2, -0.15) is 21.6 Å². The standard InChI is InChI=1S/C7H3F3N2O3S/c8-7(9,10)5-2-1-3-11-6(5)16(14,15)12-4-13/h1-3H. The fourth-order valence-electron chi connectivity index (χ4n) is 0.904. The van der Waals surface area contributed by atoms with E-state index in [4.69, 9.17) is 0 Å². The maximum Gasteiger partial charge on any atom is 0.419 e. The number of hydrogen-bond acceptors (Lipinski definition) is 4. The summed E-state index contributed by atoms with van der Waals surface area (Å²) < 4.78 is 61.6. The van der Waals surface area contributed by atoms with E-state index in [9.17, 15) is 26.4 Å². The molecule has 1 heterocycles. The molecule has 0 spiro atoms. The van der Waals surface area contributed by atoms with Gasteiger partial charge in [0.05, 0.1) is 5.56 Å². The maximum atomic E-state index is 12.4. The second kappa shape index (κ2) is 4.03. The molecule has 0 bridgehead atoms. The van der Waals surface area contributed by atoms with Gasteiger partial charge >= 0.3 is 16.2 Å². The minimum Gasteiger partial charge on any atom is -0.242 e. The molecule has 0 unspecified atom stereocenters. The first kappa shape index (κ1) is 12.3. The fraction of sp³-hybridized carbons (Fsp3) is 0.143. The average Bonchev–Trinajstić information content (AvgIpc) is 2.16. The van der Waals surface area contributed by atoms with E-state index < -0.39 is 26.8 Å². The summed E-state index contributed by atoms with van der Waals surface area (Å²) in [6.07, 6.45) is -3.38. The highest BCUT2D eigenvalue weighted by Crippen LogP contribution is 2.33. The molecular formula is C7H3F3N2O3S. The smallest absolute Gasteiger partial charge is 0.242 e. The van der Waals surface area contributed by atoms with E-state index in [1.165, 1.54) is 0 Å². The first-order valence-corrected chi connectivity index (χ1v) is 5.09. The second-order valence-electron chi connectivity index (χ2n) is 2.51. The normalized spacial score (nSPS) is 11.9. The monoisotopic (exact) mass is 252 g/mol. The number of carbonyl (C=O) groups excluding carboxylic acids is 1. The Balaban J connectivity index is 3.53. The zero-order valence-corrected chi connectivity index (χ0v) is 8.21. The van der Waals surface area contributed by atoms with E-state index in [0.29, 0.717) is 12.1 Å². The minimum absolute atomic E-state index is 0.528. The number of rotatable bonds is 2. The van der Waals surface area contributed by atoms with Crippen LogP contribution in [0.25, 0.3) is 0 Å². The molecule has 0 N–H and O–H groups in total. The summed E-state index contributed by atoms with van der Waals surface area (Å²) in [4.78, 5) is 12.8. The van der Waals surface area contributed by atoms with Gasteiger partial charge in [-0.3, -0.25) is 0 Å². The maximum absolute atomic E-state index is 12.4. The van der Waals surface area contributed by atoms with Crippen LogP contribution < -0.4 is 0 Å². The molecule has 1 aromatic rings. The molecule has 0 aliphatic carbocycles. The molecular weight excluding hydrogens is 249 g/mol. The van der Waals surface area contributed by atoms with Crippen molar-refractivity contribution < 1.29 is 26.4 Å². The highest BCUT2D eigenvalue weighted by atomic mass is 32.2. The molecule has 0 radical (unpaired) electrons. The zero-order chi connectivity index (χ0) is 12.4. The Kier molecular flexibility index (Phi) is 3.11. The van der Waals surface area contributed by atoms with Crippen LogP contribution in [0.15, 0.2) is 27.8 Å². The van der Waals surface area contributed by atoms with Crippen molar-refractivity contribution in [3.05, 3.63) is 23.9 Å². The van der Waals surface area contributed by atoms with Gasteiger partial charge in [-0.05, 0) is 12.1 Å². The Morgan fingerprint density at radius 3 is 2.50 bits per heavy atom. The molecule has 0 aromatic carbocycles. The largest absolute Gasteiger partial charge is 0.419 e. The van der Waals surface area contributed by atoms with Gasteiger partial charge in [0.25, 0.3) is 6.08 Å². The first-order valence-electron chi connectivity index (χ1n) is 3.65. The molecule has 5 nitrogen and oxygen atoms in total. The number of hydrogen-bond donors (Lipinski definition) is 0.